The van der Waals surface area contributed by atoms with Gasteiger partial charge < -0.3 is 20.1 Å². The lowest BCUT2D eigenvalue weighted by molar-refractivity contribution is -0.146. The fourth-order valence-corrected chi connectivity index (χ4v) is 2.74. The quantitative estimate of drug-likeness (QED) is 0.236. The minimum atomic E-state index is -1.15. The minimum Gasteiger partial charge on any atom is -0.447 e. The maximum atomic E-state index is 12.9. The molecule has 0 saturated heterocycles. The third kappa shape index (κ3) is 10.1. The SMILES string of the molecule is COCCOC(=O)N[C@@H](CC(C)C)C(=O)NC(Cc1ccccc1)C(=O)C(=O)NOC. The Hall–Kier alpha value is -2.98. The zero-order chi connectivity index (χ0) is 23.2. The van der Waals surface area contributed by atoms with Crippen molar-refractivity contribution < 1.29 is 33.5 Å². The smallest absolute Gasteiger partial charge is 0.407 e. The molecule has 0 heterocycles. The average Bonchev–Trinajstić information content (AvgIpc) is 2.73. The largest absolute Gasteiger partial charge is 0.447 e. The van der Waals surface area contributed by atoms with Gasteiger partial charge in [0, 0.05) is 13.5 Å². The van der Waals surface area contributed by atoms with Crippen molar-refractivity contribution in [1.29, 1.82) is 0 Å². The second-order valence-electron chi connectivity index (χ2n) is 7.21. The van der Waals surface area contributed by atoms with Crippen LogP contribution in [0.25, 0.3) is 0 Å². The number of nitrogens with one attached hydrogen (secondary N) is 3. The highest BCUT2D eigenvalue weighted by Crippen LogP contribution is 2.09. The molecule has 1 rings (SSSR count). The number of hydrogen-bond acceptors (Lipinski definition) is 7. The molecule has 0 fully saturated rings. The first-order chi connectivity index (χ1) is 14.8. The lowest BCUT2D eigenvalue weighted by Gasteiger charge is -2.23. The van der Waals surface area contributed by atoms with Crippen LogP contribution in [0.1, 0.15) is 25.8 Å². The van der Waals surface area contributed by atoms with Gasteiger partial charge in [-0.25, -0.2) is 10.3 Å². The Morgan fingerprint density at radius 2 is 1.61 bits per heavy atom. The summed E-state index contributed by atoms with van der Waals surface area (Å²) in [5, 5.41) is 5.09. The number of ether oxygens (including phenoxy) is 2. The van der Waals surface area contributed by atoms with E-state index >= 15 is 0 Å². The van der Waals surface area contributed by atoms with Gasteiger partial charge in [0.05, 0.1) is 13.7 Å². The Bertz CT molecular complexity index is 725. The van der Waals surface area contributed by atoms with Crippen molar-refractivity contribution in [3.63, 3.8) is 0 Å². The van der Waals surface area contributed by atoms with Crippen LogP contribution in [0.15, 0.2) is 30.3 Å². The number of carbonyl (C=O) groups excluding carboxylic acids is 4. The Morgan fingerprint density at radius 1 is 0.935 bits per heavy atom. The van der Waals surface area contributed by atoms with Crippen LogP contribution in [0.5, 0.6) is 0 Å². The molecule has 1 aromatic rings. The first kappa shape index (κ1) is 26.1. The van der Waals surface area contributed by atoms with E-state index in [2.05, 4.69) is 15.5 Å². The standard InChI is InChI=1S/C21H31N3O7/c1-14(2)12-17(23-21(28)31-11-10-29-3)19(26)22-16(18(25)20(27)24-30-4)13-15-8-6-5-7-9-15/h5-9,14,16-17H,10-13H2,1-4H3,(H,22,26)(H,23,28)(H,24,27)/t16?,17-/m0/s1. The molecule has 3 N–H and O–H groups in total. The predicted octanol–water partition coefficient (Wildman–Crippen LogP) is 0.748. The summed E-state index contributed by atoms with van der Waals surface area (Å²) in [6.07, 6.45) is -0.377. The van der Waals surface area contributed by atoms with E-state index < -0.39 is 35.8 Å². The summed E-state index contributed by atoms with van der Waals surface area (Å²) in [6, 6.07) is 6.83. The molecule has 172 valence electrons. The number of amides is 3. The van der Waals surface area contributed by atoms with Gasteiger partial charge >= 0.3 is 12.0 Å². The molecule has 0 aliphatic carbocycles. The summed E-state index contributed by atoms with van der Waals surface area (Å²) in [4.78, 5) is 54.0. The van der Waals surface area contributed by atoms with Crippen LogP contribution in [-0.2, 0) is 35.1 Å². The molecule has 0 aliphatic heterocycles. The van der Waals surface area contributed by atoms with E-state index in [9.17, 15) is 19.2 Å². The van der Waals surface area contributed by atoms with Crippen LogP contribution in [-0.4, -0.2) is 63.2 Å². The summed E-state index contributed by atoms with van der Waals surface area (Å²) in [5.41, 5.74) is 2.71. The number of hydroxylamine groups is 1. The van der Waals surface area contributed by atoms with E-state index in [0.717, 1.165) is 5.56 Å². The van der Waals surface area contributed by atoms with Crippen molar-refractivity contribution >= 4 is 23.7 Å². The van der Waals surface area contributed by atoms with Crippen LogP contribution in [0.2, 0.25) is 0 Å². The topological polar surface area (TPSA) is 132 Å². The van der Waals surface area contributed by atoms with Gasteiger partial charge in [-0.3, -0.25) is 19.2 Å². The maximum Gasteiger partial charge on any atom is 0.407 e. The molecule has 31 heavy (non-hydrogen) atoms. The summed E-state index contributed by atoms with van der Waals surface area (Å²) >= 11 is 0. The zero-order valence-corrected chi connectivity index (χ0v) is 18.3. The monoisotopic (exact) mass is 437 g/mol. The first-order valence-electron chi connectivity index (χ1n) is 9.92. The second-order valence-corrected chi connectivity index (χ2v) is 7.21. The number of alkyl carbamates (subject to hydrolysis) is 1. The highest BCUT2D eigenvalue weighted by molar-refractivity contribution is 6.38. The minimum absolute atomic E-state index is 0.0324. The summed E-state index contributed by atoms with van der Waals surface area (Å²) in [7, 11) is 2.67. The fourth-order valence-electron chi connectivity index (χ4n) is 2.74. The number of Topliss-reactive ketones (excluding diaryl/α,β-unsaturated/α-hetero) is 1. The molecular weight excluding hydrogens is 406 g/mol. The zero-order valence-electron chi connectivity index (χ0n) is 18.3. The summed E-state index contributed by atoms with van der Waals surface area (Å²) in [5.74, 6) is -2.40. The molecule has 0 bridgehead atoms. The van der Waals surface area contributed by atoms with E-state index in [0.29, 0.717) is 6.42 Å². The van der Waals surface area contributed by atoms with Crippen molar-refractivity contribution in [2.24, 2.45) is 5.92 Å². The van der Waals surface area contributed by atoms with E-state index in [1.807, 2.05) is 25.4 Å². The van der Waals surface area contributed by atoms with Crippen molar-refractivity contribution in [2.45, 2.75) is 38.8 Å². The molecule has 2 atom stereocenters. The number of ketones is 1. The third-order valence-electron chi connectivity index (χ3n) is 4.17. The molecule has 0 radical (unpaired) electrons. The Morgan fingerprint density at radius 3 is 2.19 bits per heavy atom. The molecular formula is C21H31N3O7. The van der Waals surface area contributed by atoms with Crippen molar-refractivity contribution in [2.75, 3.05) is 27.4 Å². The lowest BCUT2D eigenvalue weighted by atomic mass is 9.99. The molecule has 0 aromatic heterocycles. The van der Waals surface area contributed by atoms with Crippen LogP contribution in [0.3, 0.4) is 0 Å². The van der Waals surface area contributed by atoms with Gasteiger partial charge in [-0.15, -0.1) is 0 Å². The molecule has 0 spiro atoms. The lowest BCUT2D eigenvalue weighted by Crippen LogP contribution is -2.54. The fraction of sp³-hybridized carbons (Fsp3) is 0.524. The molecule has 10 heteroatoms. The van der Waals surface area contributed by atoms with Crippen LogP contribution in [0, 0.1) is 5.92 Å². The summed E-state index contributed by atoms with van der Waals surface area (Å²) in [6.45, 7) is 4.02. The van der Waals surface area contributed by atoms with Gasteiger partial charge in [0.1, 0.15) is 18.7 Å². The number of rotatable bonds is 13. The van der Waals surface area contributed by atoms with Gasteiger partial charge in [-0.2, -0.15) is 0 Å². The van der Waals surface area contributed by atoms with Gasteiger partial charge in [0.2, 0.25) is 11.7 Å². The average molecular weight is 437 g/mol. The predicted molar refractivity (Wildman–Crippen MR) is 112 cm³/mol. The van der Waals surface area contributed by atoms with E-state index in [1.54, 1.807) is 24.3 Å². The van der Waals surface area contributed by atoms with E-state index in [1.165, 1.54) is 14.2 Å². The molecule has 10 nitrogen and oxygen atoms in total. The molecule has 1 aromatic carbocycles. The normalized spacial score (nSPS) is 12.5. The van der Waals surface area contributed by atoms with Gasteiger partial charge in [0.15, 0.2) is 0 Å². The van der Waals surface area contributed by atoms with Crippen LogP contribution >= 0.6 is 0 Å². The number of benzene rings is 1. The van der Waals surface area contributed by atoms with Gasteiger partial charge in [-0.05, 0) is 17.9 Å². The van der Waals surface area contributed by atoms with Crippen LogP contribution in [0.4, 0.5) is 4.79 Å². The second kappa shape index (κ2) is 14.1. The number of methoxy groups -OCH3 is 1. The van der Waals surface area contributed by atoms with Crippen molar-refractivity contribution in [3.8, 4) is 0 Å². The molecule has 3 amide bonds. The highest BCUT2D eigenvalue weighted by Gasteiger charge is 2.31. The first-order valence-corrected chi connectivity index (χ1v) is 9.92. The molecule has 0 saturated carbocycles. The highest BCUT2D eigenvalue weighted by atomic mass is 16.6. The maximum absolute atomic E-state index is 12.9. The molecule has 0 aliphatic rings. The number of carbonyl (C=O) groups is 4. The van der Waals surface area contributed by atoms with Gasteiger partial charge in [0.25, 0.3) is 0 Å². The van der Waals surface area contributed by atoms with Crippen molar-refractivity contribution in [3.05, 3.63) is 35.9 Å². The Balaban J connectivity index is 2.94. The van der Waals surface area contributed by atoms with Crippen molar-refractivity contribution in [1.82, 2.24) is 16.1 Å². The Labute approximate surface area is 181 Å². The third-order valence-corrected chi connectivity index (χ3v) is 4.17. The molecule has 1 unspecified atom stereocenters. The van der Waals surface area contributed by atoms with Gasteiger partial charge in [-0.1, -0.05) is 44.2 Å². The van der Waals surface area contributed by atoms with E-state index in [4.69, 9.17) is 9.47 Å². The Kier molecular flexibility index (Phi) is 11.9. The van der Waals surface area contributed by atoms with E-state index in [-0.39, 0.29) is 25.6 Å². The van der Waals surface area contributed by atoms with Crippen LogP contribution < -0.4 is 16.1 Å². The number of hydrogen-bond donors (Lipinski definition) is 3. The summed E-state index contributed by atoms with van der Waals surface area (Å²) < 4.78 is 9.78.